The monoisotopic (exact) mass is 300 g/mol. The van der Waals surface area contributed by atoms with E-state index in [1.54, 1.807) is 23.6 Å². The predicted octanol–water partition coefficient (Wildman–Crippen LogP) is 3.81. The van der Waals surface area contributed by atoms with Gasteiger partial charge in [0.25, 0.3) is 5.69 Å². The Bertz CT molecular complexity index is 844. The molecule has 7 heteroatoms. The molecule has 104 valence electrons. The Kier molecular flexibility index (Phi) is 3.33. The van der Waals surface area contributed by atoms with E-state index in [0.29, 0.717) is 21.8 Å². The van der Waals surface area contributed by atoms with Crippen molar-refractivity contribution in [2.45, 2.75) is 0 Å². The van der Waals surface area contributed by atoms with Crippen LogP contribution in [-0.4, -0.2) is 16.2 Å². The number of carbonyl (C=O) groups is 1. The molecule has 0 aliphatic heterocycles. The van der Waals surface area contributed by atoms with Crippen molar-refractivity contribution in [3.8, 4) is 11.5 Å². The first kappa shape index (κ1) is 13.2. The average molecular weight is 300 g/mol. The van der Waals surface area contributed by atoms with Gasteiger partial charge in [0.15, 0.2) is 11.8 Å². The van der Waals surface area contributed by atoms with Gasteiger partial charge >= 0.3 is 0 Å². The summed E-state index contributed by atoms with van der Waals surface area (Å²) >= 11 is 1.27. The number of nitro groups is 1. The van der Waals surface area contributed by atoms with Crippen LogP contribution in [0.1, 0.15) is 9.67 Å². The maximum atomic E-state index is 11.0. The van der Waals surface area contributed by atoms with Crippen LogP contribution in [0.5, 0.6) is 11.5 Å². The van der Waals surface area contributed by atoms with Gasteiger partial charge in [-0.2, -0.15) is 0 Å². The van der Waals surface area contributed by atoms with Crippen LogP contribution in [0, 0.1) is 10.1 Å². The zero-order chi connectivity index (χ0) is 14.8. The lowest BCUT2D eigenvalue weighted by molar-refractivity contribution is -0.383. The van der Waals surface area contributed by atoms with Gasteiger partial charge in [0.1, 0.15) is 11.5 Å². The molecular weight excluding hydrogens is 292 g/mol. The van der Waals surface area contributed by atoms with Gasteiger partial charge in [-0.15, -0.1) is 11.3 Å². The standard InChI is InChI=1S/C14H8N2O4S/c17-7-10-6-9(8-21-10)20-13-4-3-12(16(18)19)14-11(13)2-1-5-15-14/h1-8H. The van der Waals surface area contributed by atoms with E-state index in [9.17, 15) is 14.9 Å². The third-order valence-corrected chi connectivity index (χ3v) is 3.68. The van der Waals surface area contributed by atoms with E-state index < -0.39 is 4.92 Å². The molecule has 0 saturated carbocycles. The number of aromatic nitrogens is 1. The Hall–Kier alpha value is -2.80. The second-order valence-electron chi connectivity index (χ2n) is 4.14. The van der Waals surface area contributed by atoms with E-state index in [4.69, 9.17) is 4.74 Å². The molecule has 0 fully saturated rings. The van der Waals surface area contributed by atoms with Crippen molar-refractivity contribution in [2.75, 3.05) is 0 Å². The zero-order valence-electron chi connectivity index (χ0n) is 10.6. The van der Waals surface area contributed by atoms with Crippen molar-refractivity contribution in [1.82, 2.24) is 4.98 Å². The molecule has 6 nitrogen and oxygen atoms in total. The number of benzene rings is 1. The molecule has 3 rings (SSSR count). The van der Waals surface area contributed by atoms with Crippen molar-refractivity contribution < 1.29 is 14.5 Å². The Morgan fingerprint density at radius 1 is 1.33 bits per heavy atom. The normalized spacial score (nSPS) is 10.5. The van der Waals surface area contributed by atoms with E-state index >= 15 is 0 Å². The number of nitrogens with zero attached hydrogens (tertiary/aromatic N) is 2. The van der Waals surface area contributed by atoms with Crippen LogP contribution >= 0.6 is 11.3 Å². The van der Waals surface area contributed by atoms with Gasteiger partial charge in [0.05, 0.1) is 9.80 Å². The van der Waals surface area contributed by atoms with E-state index in [1.165, 1.54) is 29.7 Å². The Morgan fingerprint density at radius 2 is 2.19 bits per heavy atom. The molecule has 0 N–H and O–H groups in total. The molecule has 0 amide bonds. The summed E-state index contributed by atoms with van der Waals surface area (Å²) in [7, 11) is 0. The quantitative estimate of drug-likeness (QED) is 0.415. The number of ether oxygens (including phenoxy) is 1. The number of hydrogen-bond donors (Lipinski definition) is 0. The summed E-state index contributed by atoms with van der Waals surface area (Å²) in [4.78, 5) is 25.8. The van der Waals surface area contributed by atoms with Crippen molar-refractivity contribution >= 4 is 34.2 Å². The van der Waals surface area contributed by atoms with Gasteiger partial charge in [-0.05, 0) is 18.2 Å². The SMILES string of the molecule is O=Cc1cc(Oc2ccc([N+](=O)[O-])c3ncccc23)cs1. The molecule has 21 heavy (non-hydrogen) atoms. The fourth-order valence-corrected chi connectivity index (χ4v) is 2.55. The molecule has 0 atom stereocenters. The van der Waals surface area contributed by atoms with E-state index in [-0.39, 0.29) is 11.2 Å². The summed E-state index contributed by atoms with van der Waals surface area (Å²) < 4.78 is 5.70. The lowest BCUT2D eigenvalue weighted by Gasteiger charge is -2.07. The summed E-state index contributed by atoms with van der Waals surface area (Å²) in [6, 6.07) is 7.89. The Morgan fingerprint density at radius 3 is 2.90 bits per heavy atom. The third-order valence-electron chi connectivity index (χ3n) is 2.84. The van der Waals surface area contributed by atoms with Crippen molar-refractivity contribution in [1.29, 1.82) is 0 Å². The minimum Gasteiger partial charge on any atom is -0.456 e. The van der Waals surface area contributed by atoms with Crippen LogP contribution in [-0.2, 0) is 0 Å². The maximum absolute atomic E-state index is 11.0. The van der Waals surface area contributed by atoms with E-state index in [0.717, 1.165) is 6.29 Å². The molecule has 1 aromatic carbocycles. The van der Waals surface area contributed by atoms with Gasteiger partial charge in [0.2, 0.25) is 0 Å². The number of thiophene rings is 1. The molecule has 2 heterocycles. The van der Waals surface area contributed by atoms with Crippen LogP contribution in [0.25, 0.3) is 10.9 Å². The average Bonchev–Trinajstić information content (AvgIpc) is 2.95. The lowest BCUT2D eigenvalue weighted by Crippen LogP contribution is -1.93. The van der Waals surface area contributed by atoms with Crippen LogP contribution in [0.4, 0.5) is 5.69 Å². The van der Waals surface area contributed by atoms with Crippen molar-refractivity contribution in [3.05, 3.63) is 56.9 Å². The molecule has 0 bridgehead atoms. The minimum absolute atomic E-state index is 0.0724. The zero-order valence-corrected chi connectivity index (χ0v) is 11.4. The van der Waals surface area contributed by atoms with Crippen molar-refractivity contribution in [2.24, 2.45) is 0 Å². The molecule has 0 spiro atoms. The highest BCUT2D eigenvalue weighted by Gasteiger charge is 2.16. The summed E-state index contributed by atoms with van der Waals surface area (Å²) in [6.45, 7) is 0. The van der Waals surface area contributed by atoms with Crippen LogP contribution in [0.15, 0.2) is 41.9 Å². The fourth-order valence-electron chi connectivity index (χ4n) is 1.94. The third kappa shape index (κ3) is 2.46. The van der Waals surface area contributed by atoms with E-state index in [2.05, 4.69) is 4.98 Å². The number of hydrogen-bond acceptors (Lipinski definition) is 6. The highest BCUT2D eigenvalue weighted by atomic mass is 32.1. The van der Waals surface area contributed by atoms with Crippen LogP contribution in [0.3, 0.4) is 0 Å². The molecule has 2 aromatic heterocycles. The first-order valence-corrected chi connectivity index (χ1v) is 6.80. The van der Waals surface area contributed by atoms with Crippen molar-refractivity contribution in [3.63, 3.8) is 0 Å². The number of fused-ring (bicyclic) bond motifs is 1. The molecule has 0 aliphatic carbocycles. The van der Waals surface area contributed by atoms with Crippen LogP contribution in [0.2, 0.25) is 0 Å². The van der Waals surface area contributed by atoms with Gasteiger partial charge in [-0.25, -0.2) is 4.98 Å². The number of non-ortho nitro benzene ring substituents is 1. The Balaban J connectivity index is 2.09. The molecule has 0 unspecified atom stereocenters. The summed E-state index contributed by atoms with van der Waals surface area (Å²) in [5, 5.41) is 13.3. The number of aldehydes is 1. The second kappa shape index (κ2) is 5.29. The number of nitro benzene ring substituents is 1. The highest BCUT2D eigenvalue weighted by molar-refractivity contribution is 7.11. The van der Waals surface area contributed by atoms with E-state index in [1.807, 2.05) is 0 Å². The fraction of sp³-hybridized carbons (Fsp3) is 0. The van der Waals surface area contributed by atoms with Gasteiger partial charge in [-0.1, -0.05) is 0 Å². The summed E-state index contributed by atoms with van der Waals surface area (Å²) in [5.74, 6) is 0.972. The van der Waals surface area contributed by atoms with Crippen LogP contribution < -0.4 is 4.74 Å². The molecular formula is C14H8N2O4S. The Labute approximate surface area is 122 Å². The highest BCUT2D eigenvalue weighted by Crippen LogP contribution is 2.35. The molecule has 0 saturated heterocycles. The first-order valence-electron chi connectivity index (χ1n) is 5.93. The molecule has 0 radical (unpaired) electrons. The van der Waals surface area contributed by atoms with Gasteiger partial charge < -0.3 is 4.74 Å². The minimum atomic E-state index is -0.478. The van der Waals surface area contributed by atoms with Gasteiger partial charge in [-0.3, -0.25) is 14.9 Å². The molecule has 3 aromatic rings. The number of rotatable bonds is 4. The van der Waals surface area contributed by atoms with Gasteiger partial charge in [0, 0.05) is 29.1 Å². The molecule has 0 aliphatic rings. The summed E-state index contributed by atoms with van der Waals surface area (Å²) in [6.07, 6.45) is 2.24. The summed E-state index contributed by atoms with van der Waals surface area (Å²) in [5.41, 5.74) is 0.197. The lowest BCUT2D eigenvalue weighted by atomic mass is 10.1. The first-order chi connectivity index (χ1) is 10.2. The maximum Gasteiger partial charge on any atom is 0.295 e. The largest absolute Gasteiger partial charge is 0.456 e. The number of pyridine rings is 1. The number of carbonyl (C=O) groups excluding carboxylic acids is 1. The second-order valence-corrected chi connectivity index (χ2v) is 5.09. The predicted molar refractivity (Wildman–Crippen MR) is 78.2 cm³/mol. The smallest absolute Gasteiger partial charge is 0.295 e. The topological polar surface area (TPSA) is 82.3 Å².